The maximum absolute atomic E-state index is 13.5. The van der Waals surface area contributed by atoms with Crippen LogP contribution in [0.3, 0.4) is 0 Å². The molecule has 0 fully saturated rings. The summed E-state index contributed by atoms with van der Waals surface area (Å²) in [5, 5.41) is 25.1. The molecule has 2 aromatic heterocycles. The first-order valence-electron chi connectivity index (χ1n) is 13.6. The molecule has 3 N–H and O–H groups in total. The van der Waals surface area contributed by atoms with Crippen molar-refractivity contribution < 1.29 is 4.79 Å². The highest BCUT2D eigenvalue weighted by molar-refractivity contribution is 8.00. The van der Waals surface area contributed by atoms with E-state index in [1.807, 2.05) is 61.5 Å². The normalized spacial score (nSPS) is 11.7. The van der Waals surface area contributed by atoms with Gasteiger partial charge in [-0.05, 0) is 55.2 Å². The zero-order valence-corrected chi connectivity index (χ0v) is 24.0. The average molecular weight is 559 g/mol. The van der Waals surface area contributed by atoms with Crippen molar-refractivity contribution in [3.05, 3.63) is 83.4 Å². The van der Waals surface area contributed by atoms with Gasteiger partial charge in [-0.15, -0.1) is 0 Å². The van der Waals surface area contributed by atoms with Crippen molar-refractivity contribution >= 4 is 51.0 Å². The van der Waals surface area contributed by atoms with Gasteiger partial charge in [-0.2, -0.15) is 10.5 Å². The molecule has 5 rings (SSSR count). The number of anilines is 2. The van der Waals surface area contributed by atoms with Crippen LogP contribution in [0.5, 0.6) is 0 Å². The van der Waals surface area contributed by atoms with Crippen LogP contribution >= 0.6 is 11.8 Å². The summed E-state index contributed by atoms with van der Waals surface area (Å²) in [6.45, 7) is 6.94. The number of rotatable bonds is 8. The molecule has 0 bridgehead atoms. The van der Waals surface area contributed by atoms with Gasteiger partial charge < -0.3 is 15.6 Å². The number of para-hydroxylation sites is 1. The maximum Gasteiger partial charge on any atom is 0.237 e. The van der Waals surface area contributed by atoms with Crippen LogP contribution in [0.25, 0.3) is 32.9 Å². The van der Waals surface area contributed by atoms with E-state index < -0.39 is 5.25 Å². The first-order valence-corrected chi connectivity index (χ1v) is 14.5. The summed E-state index contributed by atoms with van der Waals surface area (Å²) in [6.07, 6.45) is 1.37. The predicted molar refractivity (Wildman–Crippen MR) is 167 cm³/mol. The molecular weight excluding hydrogens is 528 g/mol. The maximum atomic E-state index is 13.5. The first kappa shape index (κ1) is 27.8. The monoisotopic (exact) mass is 558 g/mol. The number of carbonyl (C=O) groups is 1. The quantitative estimate of drug-likeness (QED) is 0.193. The van der Waals surface area contributed by atoms with Gasteiger partial charge in [0.15, 0.2) is 0 Å². The minimum Gasteiger partial charge on any atom is -0.383 e. The highest BCUT2D eigenvalue weighted by Crippen LogP contribution is 2.38. The molecule has 8 heteroatoms. The highest BCUT2D eigenvalue weighted by atomic mass is 32.2. The summed E-state index contributed by atoms with van der Waals surface area (Å²) in [7, 11) is 0. The zero-order valence-electron chi connectivity index (χ0n) is 23.2. The van der Waals surface area contributed by atoms with E-state index in [-0.39, 0.29) is 22.9 Å². The Kier molecular flexibility index (Phi) is 7.96. The third-order valence-electron chi connectivity index (χ3n) is 7.34. The third kappa shape index (κ3) is 5.11. The second-order valence-electron chi connectivity index (χ2n) is 9.70. The van der Waals surface area contributed by atoms with Crippen molar-refractivity contribution in [3.8, 4) is 23.3 Å². The van der Waals surface area contributed by atoms with E-state index in [4.69, 9.17) is 5.73 Å². The largest absolute Gasteiger partial charge is 0.383 e. The summed E-state index contributed by atoms with van der Waals surface area (Å²) < 4.78 is 2.26. The van der Waals surface area contributed by atoms with Gasteiger partial charge in [-0.1, -0.05) is 68.1 Å². The van der Waals surface area contributed by atoms with Crippen LogP contribution < -0.4 is 11.1 Å². The van der Waals surface area contributed by atoms with Crippen LogP contribution in [0.1, 0.15) is 43.9 Å². The molecule has 0 radical (unpaired) electrons. The summed E-state index contributed by atoms with van der Waals surface area (Å²) >= 11 is 1.19. The number of nitrogens with zero attached hydrogens (tertiary/aromatic N) is 4. The van der Waals surface area contributed by atoms with Gasteiger partial charge in [-0.3, -0.25) is 4.79 Å². The standard InChI is InChI=1S/C33H30N6OS/c1-4-20-11-13-21(14-12-20)30-25(18-34)31(36)38-33(26(30)19-35)41-29(5-2)32(40)37-22-15-16-28-24(17-22)23-9-7-8-10-27(23)39(28)6-3/h7-17,29H,4-6H2,1-3H3,(H2,36,38)(H,37,40). The molecule has 1 unspecified atom stereocenters. The van der Waals surface area contributed by atoms with Gasteiger partial charge in [0.05, 0.1) is 10.8 Å². The molecule has 0 aliphatic carbocycles. The van der Waals surface area contributed by atoms with E-state index in [1.165, 1.54) is 11.8 Å². The van der Waals surface area contributed by atoms with Gasteiger partial charge in [0, 0.05) is 39.6 Å². The predicted octanol–water partition coefficient (Wildman–Crippen LogP) is 7.27. The Balaban J connectivity index is 1.48. The molecule has 0 aliphatic rings. The number of nitrogen functional groups attached to an aromatic ring is 1. The highest BCUT2D eigenvalue weighted by Gasteiger charge is 2.26. The number of aromatic nitrogens is 2. The van der Waals surface area contributed by atoms with E-state index in [0.717, 1.165) is 40.3 Å². The molecule has 0 saturated carbocycles. The number of thioether (sulfide) groups is 1. The van der Waals surface area contributed by atoms with Crippen LogP contribution in [0.2, 0.25) is 0 Å². The topological polar surface area (TPSA) is 121 Å². The molecule has 1 atom stereocenters. The molecule has 0 spiro atoms. The Hall–Kier alpha value is -4.79. The van der Waals surface area contributed by atoms with E-state index in [2.05, 4.69) is 53.0 Å². The number of nitriles is 2. The fraction of sp³-hybridized carbons (Fsp3) is 0.212. The summed E-state index contributed by atoms with van der Waals surface area (Å²) in [4.78, 5) is 17.9. The van der Waals surface area contributed by atoms with Crippen LogP contribution in [-0.4, -0.2) is 20.7 Å². The van der Waals surface area contributed by atoms with Crippen molar-refractivity contribution in [2.24, 2.45) is 0 Å². The number of aryl methyl sites for hydroxylation is 2. The fourth-order valence-electron chi connectivity index (χ4n) is 5.23. The number of hydrogen-bond acceptors (Lipinski definition) is 6. The van der Waals surface area contributed by atoms with Gasteiger partial charge in [0.1, 0.15) is 28.5 Å². The van der Waals surface area contributed by atoms with Crippen LogP contribution in [0.15, 0.2) is 71.8 Å². The number of benzene rings is 3. The molecule has 2 heterocycles. The molecule has 7 nitrogen and oxygen atoms in total. The number of hydrogen-bond donors (Lipinski definition) is 2. The third-order valence-corrected chi connectivity index (χ3v) is 8.69. The zero-order chi connectivity index (χ0) is 29.1. The lowest BCUT2D eigenvalue weighted by atomic mass is 9.96. The molecule has 5 aromatic rings. The molecular formula is C33H30N6OS. The number of amides is 1. The Morgan fingerprint density at radius 1 is 0.976 bits per heavy atom. The second kappa shape index (κ2) is 11.8. The van der Waals surface area contributed by atoms with Gasteiger partial charge in [-0.25, -0.2) is 4.98 Å². The Bertz CT molecular complexity index is 1860. The lowest BCUT2D eigenvalue weighted by Gasteiger charge is -2.18. The molecule has 3 aromatic carbocycles. The molecule has 1 amide bonds. The number of nitrogens with one attached hydrogen (secondary N) is 1. The van der Waals surface area contributed by atoms with Gasteiger partial charge >= 0.3 is 0 Å². The molecule has 0 saturated heterocycles. The number of carbonyl (C=O) groups excluding carboxylic acids is 1. The van der Waals surface area contributed by atoms with Crippen molar-refractivity contribution in [1.82, 2.24) is 9.55 Å². The van der Waals surface area contributed by atoms with Crippen molar-refractivity contribution in [3.63, 3.8) is 0 Å². The number of fused-ring (bicyclic) bond motifs is 3. The number of pyridine rings is 1. The minimum absolute atomic E-state index is 0.0385. The van der Waals surface area contributed by atoms with Crippen molar-refractivity contribution in [2.75, 3.05) is 11.1 Å². The van der Waals surface area contributed by atoms with Crippen LogP contribution in [0, 0.1) is 22.7 Å². The molecule has 204 valence electrons. The SMILES string of the molecule is CCc1ccc(-c2c(C#N)c(N)nc(SC(CC)C(=O)Nc3ccc4c(c3)c3ccccc3n4CC)c2C#N)cc1. The molecule has 0 aliphatic heterocycles. The summed E-state index contributed by atoms with van der Waals surface area (Å²) in [6, 6.07) is 26.3. The first-order chi connectivity index (χ1) is 19.9. The van der Waals surface area contributed by atoms with Crippen molar-refractivity contribution in [2.45, 2.75) is 50.4 Å². The van der Waals surface area contributed by atoms with E-state index >= 15 is 0 Å². The Morgan fingerprint density at radius 2 is 1.68 bits per heavy atom. The number of nitrogens with two attached hydrogens (primary N) is 1. The van der Waals surface area contributed by atoms with E-state index in [9.17, 15) is 15.3 Å². The van der Waals surface area contributed by atoms with Crippen LogP contribution in [0.4, 0.5) is 11.5 Å². The Morgan fingerprint density at radius 3 is 2.34 bits per heavy atom. The molecule has 41 heavy (non-hydrogen) atoms. The average Bonchev–Trinajstić information content (AvgIpc) is 3.32. The van der Waals surface area contributed by atoms with E-state index in [0.29, 0.717) is 28.3 Å². The van der Waals surface area contributed by atoms with Gasteiger partial charge in [0.2, 0.25) is 5.91 Å². The Labute approximate surface area is 243 Å². The smallest absolute Gasteiger partial charge is 0.237 e. The minimum atomic E-state index is -0.537. The second-order valence-corrected chi connectivity index (χ2v) is 10.9. The summed E-state index contributed by atoms with van der Waals surface area (Å²) in [5.74, 6) is -0.157. The fourth-order valence-corrected chi connectivity index (χ4v) is 6.25. The van der Waals surface area contributed by atoms with E-state index in [1.54, 1.807) is 0 Å². The van der Waals surface area contributed by atoms with Crippen molar-refractivity contribution in [1.29, 1.82) is 10.5 Å². The van der Waals surface area contributed by atoms with Gasteiger partial charge in [0.25, 0.3) is 0 Å². The van der Waals surface area contributed by atoms with Crippen LogP contribution in [-0.2, 0) is 17.8 Å². The summed E-state index contributed by atoms with van der Waals surface area (Å²) in [5.41, 5.74) is 11.9. The lowest BCUT2D eigenvalue weighted by molar-refractivity contribution is -0.115. The lowest BCUT2D eigenvalue weighted by Crippen LogP contribution is -2.25.